The van der Waals surface area contributed by atoms with Gasteiger partial charge in [-0.1, -0.05) is 164 Å². The second-order valence-electron chi connectivity index (χ2n) is 14.0. The van der Waals surface area contributed by atoms with E-state index in [9.17, 15) is 0 Å². The number of halogens is 1. The van der Waals surface area contributed by atoms with E-state index in [0.717, 1.165) is 16.4 Å². The molecule has 0 unspecified atom stereocenters. The molecule has 0 N–H and O–H groups in total. The first-order chi connectivity index (χ1) is 20.6. The molecule has 1 heterocycles. The van der Waals surface area contributed by atoms with Crippen molar-refractivity contribution in [1.29, 1.82) is 0 Å². The second-order valence-corrected chi connectivity index (χ2v) is 19.6. The standard InChI is InChI=1S/C36H65IO5Si/c1-8-9-10-11-12-13-14-15-16-17-18-19-20-24-27-39-34-33(40-29-30-25-22-21-23-26-30)32(31(28-37)41-35(34)38-5)42-43(6,7)36(2,3)4/h21-23,25-26,31-35H,8-20,24,27-29H2,1-7H3/t31-,32-,33+,34-,35+/m1/s1. The molecule has 250 valence electrons. The predicted molar refractivity (Wildman–Crippen MR) is 192 cm³/mol. The van der Waals surface area contributed by atoms with Gasteiger partial charge in [-0.15, -0.1) is 0 Å². The Morgan fingerprint density at radius 2 is 1.28 bits per heavy atom. The van der Waals surface area contributed by atoms with Crippen LogP contribution in [0.1, 0.15) is 123 Å². The van der Waals surface area contributed by atoms with Crippen molar-refractivity contribution in [3.63, 3.8) is 0 Å². The van der Waals surface area contributed by atoms with E-state index in [-0.39, 0.29) is 29.5 Å². The van der Waals surface area contributed by atoms with Crippen LogP contribution in [0.2, 0.25) is 18.1 Å². The Morgan fingerprint density at radius 1 is 0.744 bits per heavy atom. The number of rotatable bonds is 23. The van der Waals surface area contributed by atoms with E-state index in [2.05, 4.69) is 87.6 Å². The number of alkyl halides is 1. The van der Waals surface area contributed by atoms with Crippen molar-refractivity contribution in [3.05, 3.63) is 35.9 Å². The highest BCUT2D eigenvalue weighted by atomic mass is 127. The first kappa shape index (κ1) is 39.1. The molecule has 1 aromatic rings. The van der Waals surface area contributed by atoms with Gasteiger partial charge < -0.3 is 23.4 Å². The maximum absolute atomic E-state index is 7.05. The predicted octanol–water partition coefficient (Wildman–Crippen LogP) is 10.6. The summed E-state index contributed by atoms with van der Waals surface area (Å²) in [4.78, 5) is 0. The summed E-state index contributed by atoms with van der Waals surface area (Å²) in [7, 11) is -0.388. The van der Waals surface area contributed by atoms with Crippen LogP contribution in [0.25, 0.3) is 0 Å². The lowest BCUT2D eigenvalue weighted by molar-refractivity contribution is -0.301. The molecule has 5 atom stereocenters. The molecule has 5 nitrogen and oxygen atoms in total. The summed E-state index contributed by atoms with van der Waals surface area (Å²) in [6, 6.07) is 10.4. The summed E-state index contributed by atoms with van der Waals surface area (Å²) in [6.07, 6.45) is 17.4. The number of benzene rings is 1. The molecule has 2 rings (SSSR count). The zero-order valence-electron chi connectivity index (χ0n) is 28.7. The van der Waals surface area contributed by atoms with E-state index in [1.54, 1.807) is 7.11 Å². The smallest absolute Gasteiger partial charge is 0.192 e. The van der Waals surface area contributed by atoms with Crippen molar-refractivity contribution < 1.29 is 23.4 Å². The number of unbranched alkanes of at least 4 members (excludes halogenated alkanes) is 13. The molecule has 0 aliphatic carbocycles. The molecule has 43 heavy (non-hydrogen) atoms. The average molecular weight is 733 g/mol. The fourth-order valence-electron chi connectivity index (χ4n) is 5.50. The summed E-state index contributed by atoms with van der Waals surface area (Å²) in [5.41, 5.74) is 1.14. The van der Waals surface area contributed by atoms with Crippen LogP contribution in [0.5, 0.6) is 0 Å². The fourth-order valence-corrected chi connectivity index (χ4v) is 7.53. The summed E-state index contributed by atoms with van der Waals surface area (Å²) in [6.45, 7) is 14.9. The van der Waals surface area contributed by atoms with E-state index in [1.807, 2.05) is 6.07 Å². The van der Waals surface area contributed by atoms with E-state index in [4.69, 9.17) is 23.4 Å². The second kappa shape index (κ2) is 21.7. The molecule has 1 aliphatic rings. The zero-order chi connectivity index (χ0) is 31.6. The Morgan fingerprint density at radius 3 is 1.77 bits per heavy atom. The Kier molecular flexibility index (Phi) is 19.8. The van der Waals surface area contributed by atoms with Crippen LogP contribution in [-0.2, 0) is 30.0 Å². The Bertz CT molecular complexity index is 818. The molecule has 0 amide bonds. The van der Waals surface area contributed by atoms with Crippen molar-refractivity contribution >= 4 is 30.9 Å². The van der Waals surface area contributed by atoms with Gasteiger partial charge in [-0.25, -0.2) is 0 Å². The van der Waals surface area contributed by atoms with Crippen LogP contribution in [0.3, 0.4) is 0 Å². The molecule has 0 aromatic heterocycles. The van der Waals surface area contributed by atoms with E-state index < -0.39 is 14.6 Å². The minimum atomic E-state index is -2.10. The average Bonchev–Trinajstić information content (AvgIpc) is 2.98. The molecule has 0 bridgehead atoms. The molecular weight excluding hydrogens is 667 g/mol. The first-order valence-corrected chi connectivity index (χ1v) is 21.8. The number of methoxy groups -OCH3 is 1. The minimum absolute atomic E-state index is 0.0789. The van der Waals surface area contributed by atoms with Gasteiger partial charge in [0.05, 0.1) is 12.7 Å². The van der Waals surface area contributed by atoms with E-state index in [1.165, 1.54) is 83.5 Å². The van der Waals surface area contributed by atoms with Crippen molar-refractivity contribution in [2.24, 2.45) is 0 Å². The molecule has 1 saturated heterocycles. The molecule has 1 aromatic carbocycles. The molecular formula is C36H65IO5Si. The lowest BCUT2D eigenvalue weighted by atomic mass is 9.99. The normalized spacial score (nSPS) is 23.1. The van der Waals surface area contributed by atoms with Gasteiger partial charge >= 0.3 is 0 Å². The van der Waals surface area contributed by atoms with Gasteiger partial charge in [0.25, 0.3) is 0 Å². The fraction of sp³-hybridized carbons (Fsp3) is 0.833. The van der Waals surface area contributed by atoms with Crippen molar-refractivity contribution in [2.75, 3.05) is 18.1 Å². The lowest BCUT2D eigenvalue weighted by Crippen LogP contribution is -2.64. The van der Waals surface area contributed by atoms with Crippen molar-refractivity contribution in [3.8, 4) is 0 Å². The van der Waals surface area contributed by atoms with Gasteiger partial charge in [0.1, 0.15) is 18.3 Å². The van der Waals surface area contributed by atoms with Crippen LogP contribution >= 0.6 is 22.6 Å². The third-order valence-corrected chi connectivity index (χ3v) is 14.6. The molecule has 1 fully saturated rings. The van der Waals surface area contributed by atoms with E-state index in [0.29, 0.717) is 13.2 Å². The largest absolute Gasteiger partial charge is 0.408 e. The van der Waals surface area contributed by atoms with Gasteiger partial charge in [0.15, 0.2) is 14.6 Å². The maximum atomic E-state index is 7.05. The summed E-state index contributed by atoms with van der Waals surface area (Å²) < 4.78 is 33.5. The SMILES string of the molecule is CCCCCCCCCCCCCCCCO[C@H]1[C@@H](OC)O[C@H](CI)[C@@H](O[Si](C)(C)C(C)(C)C)[C@@H]1OCc1ccccc1. The summed E-state index contributed by atoms with van der Waals surface area (Å²) in [5.74, 6) is 0. The minimum Gasteiger partial charge on any atom is -0.408 e. The highest BCUT2D eigenvalue weighted by Gasteiger charge is 2.51. The highest BCUT2D eigenvalue weighted by molar-refractivity contribution is 14.1. The molecule has 1 aliphatic heterocycles. The maximum Gasteiger partial charge on any atom is 0.192 e. The molecule has 7 heteroatoms. The third kappa shape index (κ3) is 14.5. The Balaban J connectivity index is 1.89. The van der Waals surface area contributed by atoms with Crippen molar-refractivity contribution in [1.82, 2.24) is 0 Å². The van der Waals surface area contributed by atoms with E-state index >= 15 is 0 Å². The zero-order valence-corrected chi connectivity index (χ0v) is 31.9. The highest BCUT2D eigenvalue weighted by Crippen LogP contribution is 2.40. The molecule has 0 radical (unpaired) electrons. The van der Waals surface area contributed by atoms with Crippen molar-refractivity contribution in [2.45, 2.75) is 173 Å². The Hall–Kier alpha value is -0.0331. The number of ether oxygens (including phenoxy) is 4. The quantitative estimate of drug-likeness (QED) is 0.0485. The number of hydrogen-bond donors (Lipinski definition) is 0. The molecule has 0 saturated carbocycles. The third-order valence-electron chi connectivity index (χ3n) is 9.31. The first-order valence-electron chi connectivity index (χ1n) is 17.3. The van der Waals surface area contributed by atoms with Gasteiger partial charge in [-0.2, -0.15) is 0 Å². The van der Waals surface area contributed by atoms with Gasteiger partial charge in [0, 0.05) is 18.1 Å². The van der Waals surface area contributed by atoms with Crippen LogP contribution in [0.15, 0.2) is 30.3 Å². The monoisotopic (exact) mass is 732 g/mol. The number of hydrogen-bond acceptors (Lipinski definition) is 5. The Labute approximate surface area is 280 Å². The van der Waals surface area contributed by atoms with Crippen LogP contribution in [0.4, 0.5) is 0 Å². The summed E-state index contributed by atoms with van der Waals surface area (Å²) in [5, 5.41) is 0.0789. The van der Waals surface area contributed by atoms with Gasteiger partial charge in [-0.05, 0) is 30.1 Å². The molecule has 0 spiro atoms. The van der Waals surface area contributed by atoms with Gasteiger partial charge in [0.2, 0.25) is 0 Å². The topological polar surface area (TPSA) is 46.2 Å². The summed E-state index contributed by atoms with van der Waals surface area (Å²) >= 11 is 2.40. The van der Waals surface area contributed by atoms with Crippen LogP contribution in [-0.4, -0.2) is 57.2 Å². The van der Waals surface area contributed by atoms with Crippen LogP contribution < -0.4 is 0 Å². The van der Waals surface area contributed by atoms with Crippen LogP contribution in [0, 0.1) is 0 Å². The lowest BCUT2D eigenvalue weighted by Gasteiger charge is -2.49. The van der Waals surface area contributed by atoms with Gasteiger partial charge in [-0.3, -0.25) is 0 Å².